The normalized spacial score (nSPS) is 20.8. The van der Waals surface area contributed by atoms with E-state index < -0.39 is 5.97 Å². The molecule has 2 rings (SSSR count). The van der Waals surface area contributed by atoms with E-state index in [2.05, 4.69) is 17.9 Å². The first-order valence-corrected chi connectivity index (χ1v) is 7.32. The van der Waals surface area contributed by atoms with Gasteiger partial charge in [0.05, 0.1) is 13.0 Å². The van der Waals surface area contributed by atoms with Gasteiger partial charge in [0.25, 0.3) is 0 Å². The van der Waals surface area contributed by atoms with E-state index in [1.165, 1.54) is 0 Å². The van der Waals surface area contributed by atoms with Crippen LogP contribution >= 0.6 is 0 Å². The SMILES string of the molecule is CCOc1ccccc1C(C)N1CCCC1CC(=O)O. The Bertz CT molecular complexity index is 461. The summed E-state index contributed by atoms with van der Waals surface area (Å²) < 4.78 is 5.69. The Morgan fingerprint density at radius 2 is 2.25 bits per heavy atom. The molecule has 0 saturated carbocycles. The Labute approximate surface area is 120 Å². The fourth-order valence-corrected chi connectivity index (χ4v) is 3.08. The second kappa shape index (κ2) is 6.75. The first kappa shape index (κ1) is 14.9. The van der Waals surface area contributed by atoms with Crippen LogP contribution in [0, 0.1) is 0 Å². The minimum absolute atomic E-state index is 0.136. The van der Waals surface area contributed by atoms with Crippen molar-refractivity contribution in [1.29, 1.82) is 0 Å². The summed E-state index contributed by atoms with van der Waals surface area (Å²) in [4.78, 5) is 13.3. The largest absolute Gasteiger partial charge is 0.494 e. The van der Waals surface area contributed by atoms with Gasteiger partial charge in [0.1, 0.15) is 5.75 Å². The molecular weight excluding hydrogens is 254 g/mol. The lowest BCUT2D eigenvalue weighted by molar-refractivity contribution is -0.138. The molecule has 1 aromatic rings. The highest BCUT2D eigenvalue weighted by Gasteiger charge is 2.31. The Morgan fingerprint density at radius 3 is 2.95 bits per heavy atom. The van der Waals surface area contributed by atoms with Crippen molar-refractivity contribution in [3.05, 3.63) is 29.8 Å². The number of carboxylic acid groups (broad SMARTS) is 1. The third kappa shape index (κ3) is 3.31. The predicted octanol–water partition coefficient (Wildman–Crippen LogP) is 3.09. The monoisotopic (exact) mass is 277 g/mol. The lowest BCUT2D eigenvalue weighted by Gasteiger charge is -2.31. The van der Waals surface area contributed by atoms with Crippen LogP contribution in [0.25, 0.3) is 0 Å². The van der Waals surface area contributed by atoms with Gasteiger partial charge in [-0.15, -0.1) is 0 Å². The maximum absolute atomic E-state index is 11.0. The molecule has 2 atom stereocenters. The number of benzene rings is 1. The number of likely N-dealkylation sites (tertiary alicyclic amines) is 1. The van der Waals surface area contributed by atoms with Gasteiger partial charge in [0.2, 0.25) is 0 Å². The third-order valence-corrected chi connectivity index (χ3v) is 4.00. The average molecular weight is 277 g/mol. The highest BCUT2D eigenvalue weighted by atomic mass is 16.5. The molecule has 20 heavy (non-hydrogen) atoms. The van der Waals surface area contributed by atoms with Gasteiger partial charge in [-0.2, -0.15) is 0 Å². The summed E-state index contributed by atoms with van der Waals surface area (Å²) in [6.07, 6.45) is 2.26. The molecule has 1 fully saturated rings. The van der Waals surface area contributed by atoms with E-state index in [-0.39, 0.29) is 18.5 Å². The zero-order valence-electron chi connectivity index (χ0n) is 12.2. The maximum Gasteiger partial charge on any atom is 0.304 e. The molecule has 0 amide bonds. The molecule has 0 spiro atoms. The summed E-state index contributed by atoms with van der Waals surface area (Å²) in [6, 6.07) is 8.36. The van der Waals surface area contributed by atoms with Crippen LogP contribution in [0.15, 0.2) is 24.3 Å². The third-order valence-electron chi connectivity index (χ3n) is 4.00. The first-order valence-electron chi connectivity index (χ1n) is 7.32. The minimum atomic E-state index is -0.716. The molecule has 2 unspecified atom stereocenters. The standard InChI is InChI=1S/C16H23NO3/c1-3-20-15-9-5-4-8-14(15)12(2)17-10-6-7-13(17)11-16(18)19/h4-5,8-9,12-13H,3,6-7,10-11H2,1-2H3,(H,18,19). The number of carboxylic acids is 1. The van der Waals surface area contributed by atoms with Crippen molar-refractivity contribution < 1.29 is 14.6 Å². The Morgan fingerprint density at radius 1 is 1.50 bits per heavy atom. The van der Waals surface area contributed by atoms with E-state index in [1.807, 2.05) is 25.1 Å². The van der Waals surface area contributed by atoms with E-state index in [0.717, 1.165) is 30.7 Å². The zero-order valence-corrected chi connectivity index (χ0v) is 12.2. The topological polar surface area (TPSA) is 49.8 Å². The molecule has 4 heteroatoms. The number of rotatable bonds is 6. The molecule has 1 N–H and O–H groups in total. The second-order valence-corrected chi connectivity index (χ2v) is 5.28. The van der Waals surface area contributed by atoms with Crippen molar-refractivity contribution in [3.63, 3.8) is 0 Å². The quantitative estimate of drug-likeness (QED) is 0.868. The number of para-hydroxylation sites is 1. The summed E-state index contributed by atoms with van der Waals surface area (Å²) in [7, 11) is 0. The molecule has 110 valence electrons. The zero-order chi connectivity index (χ0) is 14.5. The number of carbonyl (C=O) groups is 1. The molecule has 1 aliphatic rings. The summed E-state index contributed by atoms with van der Waals surface area (Å²) in [5.74, 6) is 0.190. The number of nitrogens with zero attached hydrogens (tertiary/aromatic N) is 1. The molecule has 0 bridgehead atoms. The van der Waals surface area contributed by atoms with Crippen molar-refractivity contribution in [2.45, 2.75) is 45.2 Å². The lowest BCUT2D eigenvalue weighted by Crippen LogP contribution is -2.33. The van der Waals surface area contributed by atoms with Crippen LogP contribution in [0.4, 0.5) is 0 Å². The number of hydrogen-bond donors (Lipinski definition) is 1. The minimum Gasteiger partial charge on any atom is -0.494 e. The van der Waals surface area contributed by atoms with Crippen molar-refractivity contribution >= 4 is 5.97 Å². The maximum atomic E-state index is 11.0. The average Bonchev–Trinajstić information content (AvgIpc) is 2.86. The van der Waals surface area contributed by atoms with Crippen LogP contribution in [0.3, 0.4) is 0 Å². The van der Waals surface area contributed by atoms with Gasteiger partial charge in [-0.25, -0.2) is 0 Å². The van der Waals surface area contributed by atoms with Crippen molar-refractivity contribution in [3.8, 4) is 5.75 Å². The smallest absolute Gasteiger partial charge is 0.304 e. The molecule has 1 saturated heterocycles. The summed E-state index contributed by atoms with van der Waals surface area (Å²) in [5, 5.41) is 9.03. The summed E-state index contributed by atoms with van der Waals surface area (Å²) in [6.45, 7) is 5.71. The highest BCUT2D eigenvalue weighted by molar-refractivity contribution is 5.67. The fraction of sp³-hybridized carbons (Fsp3) is 0.562. The van der Waals surface area contributed by atoms with Crippen LogP contribution in [-0.4, -0.2) is 35.2 Å². The van der Waals surface area contributed by atoms with Crippen molar-refractivity contribution in [2.24, 2.45) is 0 Å². The van der Waals surface area contributed by atoms with E-state index in [9.17, 15) is 4.79 Å². The van der Waals surface area contributed by atoms with Crippen LogP contribution < -0.4 is 4.74 Å². The van der Waals surface area contributed by atoms with Crippen molar-refractivity contribution in [2.75, 3.05) is 13.2 Å². The van der Waals surface area contributed by atoms with Gasteiger partial charge in [-0.1, -0.05) is 18.2 Å². The molecule has 1 aliphatic heterocycles. The number of ether oxygens (including phenoxy) is 1. The first-order chi connectivity index (χ1) is 9.63. The highest BCUT2D eigenvalue weighted by Crippen LogP contribution is 2.34. The molecule has 0 aliphatic carbocycles. The predicted molar refractivity (Wildman–Crippen MR) is 78.0 cm³/mol. The van der Waals surface area contributed by atoms with Crippen molar-refractivity contribution in [1.82, 2.24) is 4.90 Å². The van der Waals surface area contributed by atoms with Crippen LogP contribution in [0.1, 0.15) is 44.7 Å². The van der Waals surface area contributed by atoms with E-state index in [0.29, 0.717) is 6.61 Å². The van der Waals surface area contributed by atoms with Gasteiger partial charge in [0, 0.05) is 17.6 Å². The van der Waals surface area contributed by atoms with Crippen LogP contribution in [-0.2, 0) is 4.79 Å². The summed E-state index contributed by atoms with van der Waals surface area (Å²) >= 11 is 0. The summed E-state index contributed by atoms with van der Waals surface area (Å²) in [5.41, 5.74) is 1.15. The Balaban J connectivity index is 2.17. The van der Waals surface area contributed by atoms with Gasteiger partial charge in [0.15, 0.2) is 0 Å². The number of aliphatic carboxylic acids is 1. The molecule has 0 aromatic heterocycles. The molecular formula is C16H23NO3. The van der Waals surface area contributed by atoms with Gasteiger partial charge in [-0.05, 0) is 39.3 Å². The Hall–Kier alpha value is -1.55. The van der Waals surface area contributed by atoms with Gasteiger partial charge >= 0.3 is 5.97 Å². The van der Waals surface area contributed by atoms with E-state index in [1.54, 1.807) is 0 Å². The lowest BCUT2D eigenvalue weighted by atomic mass is 10.0. The molecule has 1 aromatic carbocycles. The molecule has 4 nitrogen and oxygen atoms in total. The van der Waals surface area contributed by atoms with Crippen LogP contribution in [0.5, 0.6) is 5.75 Å². The fourth-order valence-electron chi connectivity index (χ4n) is 3.08. The second-order valence-electron chi connectivity index (χ2n) is 5.28. The van der Waals surface area contributed by atoms with Gasteiger partial charge in [-0.3, -0.25) is 9.69 Å². The van der Waals surface area contributed by atoms with Crippen LogP contribution in [0.2, 0.25) is 0 Å². The molecule has 1 heterocycles. The Kier molecular flexibility index (Phi) is 5.01. The van der Waals surface area contributed by atoms with E-state index >= 15 is 0 Å². The van der Waals surface area contributed by atoms with Gasteiger partial charge < -0.3 is 9.84 Å². The van der Waals surface area contributed by atoms with E-state index in [4.69, 9.17) is 9.84 Å². The number of hydrogen-bond acceptors (Lipinski definition) is 3. The molecule has 0 radical (unpaired) electrons.